The van der Waals surface area contributed by atoms with Gasteiger partial charge in [0.1, 0.15) is 0 Å². The monoisotopic (exact) mass is 425 g/mol. The highest BCUT2D eigenvalue weighted by atomic mass is 32.3. The van der Waals surface area contributed by atoms with E-state index in [9.17, 15) is 26.7 Å². The van der Waals surface area contributed by atoms with Gasteiger partial charge in [-0.15, -0.1) is 4.72 Å². The van der Waals surface area contributed by atoms with Crippen LogP contribution < -0.4 is 10.0 Å². The molecule has 1 fully saturated rings. The molecule has 4 rings (SSSR count). The second-order valence-electron chi connectivity index (χ2n) is 7.28. The zero-order valence-corrected chi connectivity index (χ0v) is 16.0. The molecule has 2 heterocycles. The molecule has 10 heteroatoms. The van der Waals surface area contributed by atoms with Gasteiger partial charge in [0, 0.05) is 18.7 Å². The van der Waals surface area contributed by atoms with E-state index < -0.39 is 33.6 Å². The van der Waals surface area contributed by atoms with E-state index >= 15 is 0 Å². The number of alkyl halides is 3. The Hall–Kier alpha value is -2.43. The van der Waals surface area contributed by atoms with Crippen LogP contribution in [0, 0.1) is 0 Å². The summed E-state index contributed by atoms with van der Waals surface area (Å²) in [5.74, 6) is -0.391. The quantitative estimate of drug-likeness (QED) is 0.689. The second kappa shape index (κ2) is 6.82. The number of hydrogen-bond donors (Lipinski definition) is 2. The number of amides is 1. The molecule has 0 aromatic heterocycles. The summed E-state index contributed by atoms with van der Waals surface area (Å²) >= 11 is 0. The van der Waals surface area contributed by atoms with Crippen LogP contribution in [0.3, 0.4) is 0 Å². The van der Waals surface area contributed by atoms with Gasteiger partial charge in [-0.05, 0) is 42.8 Å². The minimum absolute atomic E-state index is 0.0980. The molecule has 0 radical (unpaired) electrons. The Bertz CT molecular complexity index is 996. The number of nitrogens with one attached hydrogen (secondary N) is 2. The number of anilines is 1. The van der Waals surface area contributed by atoms with E-state index in [4.69, 9.17) is 0 Å². The average Bonchev–Trinajstić information content (AvgIpc) is 3.05. The van der Waals surface area contributed by atoms with E-state index in [1.165, 1.54) is 11.0 Å². The van der Waals surface area contributed by atoms with Gasteiger partial charge in [-0.1, -0.05) is 16.3 Å². The standard InChI is InChI=1S/C19H18F3N3O3S/c20-19(21,22)14-7-5-13(6-8-14)17(26)25-10-9-18(12-25)11-23-29(27,28)16-4-2-1-3-15(16)24-18/h1-8H,9-12H2,(H2-,23,24,27,28). The van der Waals surface area contributed by atoms with Crippen molar-refractivity contribution in [3.8, 4) is 0 Å². The molecule has 0 aliphatic carbocycles. The van der Waals surface area contributed by atoms with Crippen LogP contribution in [0.25, 0.3) is 0 Å². The fourth-order valence-electron chi connectivity index (χ4n) is 3.72. The molecule has 2 aromatic carbocycles. The van der Waals surface area contributed by atoms with Crippen LogP contribution in [-0.4, -0.2) is 40.5 Å². The number of para-hydroxylation sites is 1. The molecule has 154 valence electrons. The van der Waals surface area contributed by atoms with Gasteiger partial charge in [0.25, 0.3) is 5.91 Å². The molecule has 2 aromatic rings. The van der Waals surface area contributed by atoms with Gasteiger partial charge in [0.2, 0.25) is 0 Å². The number of halogens is 3. The van der Waals surface area contributed by atoms with Crippen LogP contribution in [0.15, 0.2) is 53.4 Å². The van der Waals surface area contributed by atoms with E-state index in [0.29, 0.717) is 18.7 Å². The van der Waals surface area contributed by atoms with Crippen molar-refractivity contribution in [1.29, 1.82) is 0 Å². The number of sulfonamides is 1. The van der Waals surface area contributed by atoms with Gasteiger partial charge in [-0.25, -0.2) is 0 Å². The van der Waals surface area contributed by atoms with Crippen molar-refractivity contribution >= 4 is 22.0 Å². The van der Waals surface area contributed by atoms with Crippen LogP contribution in [0.2, 0.25) is 0 Å². The molecule has 2 N–H and O–H groups in total. The molecule has 0 saturated carbocycles. The maximum Gasteiger partial charge on any atom is 0.416 e. The summed E-state index contributed by atoms with van der Waals surface area (Å²) in [6.45, 7) is 0.682. The molecule has 2 aliphatic rings. The average molecular weight is 425 g/mol. The van der Waals surface area contributed by atoms with Crippen molar-refractivity contribution in [2.24, 2.45) is 0 Å². The van der Waals surface area contributed by atoms with E-state index in [0.717, 1.165) is 24.3 Å². The Morgan fingerprint density at radius 2 is 1.83 bits per heavy atom. The molecule has 1 spiro atoms. The number of benzene rings is 2. The largest absolute Gasteiger partial charge is 0.593 e. The second-order valence-corrected chi connectivity index (χ2v) is 9.01. The Kier molecular flexibility index (Phi) is 4.67. The summed E-state index contributed by atoms with van der Waals surface area (Å²) in [7, 11) is -3.67. The molecule has 1 saturated heterocycles. The minimum Gasteiger partial charge on any atom is -0.593 e. The third kappa shape index (κ3) is 3.75. The summed E-state index contributed by atoms with van der Waals surface area (Å²) in [4.78, 5) is 14.4. The van der Waals surface area contributed by atoms with Gasteiger partial charge < -0.3 is 14.8 Å². The first kappa shape index (κ1) is 19.9. The Balaban J connectivity index is 1.54. The molecule has 2 unspecified atom stereocenters. The van der Waals surface area contributed by atoms with Crippen LogP contribution in [0.1, 0.15) is 22.3 Å². The summed E-state index contributed by atoms with van der Waals surface area (Å²) in [6.07, 6.45) is -3.97. The van der Waals surface area contributed by atoms with Crippen LogP contribution >= 0.6 is 0 Å². The van der Waals surface area contributed by atoms with Gasteiger partial charge in [-0.3, -0.25) is 4.79 Å². The fraction of sp³-hybridized carbons (Fsp3) is 0.316. The maximum absolute atomic E-state index is 12.8. The maximum atomic E-state index is 12.8. The number of likely N-dealkylation sites (tertiary alicyclic amines) is 1. The third-order valence-corrected chi connectivity index (χ3v) is 6.74. The third-order valence-electron chi connectivity index (χ3n) is 5.28. The topological polar surface area (TPSA) is 84.5 Å². The van der Waals surface area contributed by atoms with Crippen LogP contribution in [0.4, 0.5) is 18.9 Å². The van der Waals surface area contributed by atoms with Crippen molar-refractivity contribution in [3.63, 3.8) is 0 Å². The zero-order valence-electron chi connectivity index (χ0n) is 15.2. The highest BCUT2D eigenvalue weighted by molar-refractivity contribution is 7.96. The van der Waals surface area contributed by atoms with Crippen molar-refractivity contribution in [2.75, 3.05) is 25.0 Å². The Morgan fingerprint density at radius 1 is 1.14 bits per heavy atom. The summed E-state index contributed by atoms with van der Waals surface area (Å²) in [6, 6.07) is 10.6. The van der Waals surface area contributed by atoms with Crippen molar-refractivity contribution < 1.29 is 26.7 Å². The number of hydrogen-bond acceptors (Lipinski definition) is 4. The molecular weight excluding hydrogens is 407 g/mol. The molecular formula is C19H18F3N3O3S. The van der Waals surface area contributed by atoms with Gasteiger partial charge in [-0.2, -0.15) is 13.2 Å². The summed E-state index contributed by atoms with van der Waals surface area (Å²) < 4.78 is 65.7. The molecule has 6 nitrogen and oxygen atoms in total. The predicted molar refractivity (Wildman–Crippen MR) is 99.9 cm³/mol. The van der Waals surface area contributed by atoms with Crippen molar-refractivity contribution in [1.82, 2.24) is 9.62 Å². The molecule has 1 amide bonds. The fourth-order valence-corrected chi connectivity index (χ4v) is 5.01. The number of nitrogens with zero attached hydrogens (tertiary/aromatic N) is 1. The molecule has 29 heavy (non-hydrogen) atoms. The number of fused-ring (bicyclic) bond motifs is 1. The lowest BCUT2D eigenvalue weighted by Gasteiger charge is -2.29. The van der Waals surface area contributed by atoms with Crippen molar-refractivity contribution in [3.05, 3.63) is 59.7 Å². The Labute approximate surface area is 166 Å². The lowest BCUT2D eigenvalue weighted by atomic mass is 9.98. The zero-order chi connectivity index (χ0) is 20.9. The first-order chi connectivity index (χ1) is 13.6. The van der Waals surface area contributed by atoms with Gasteiger partial charge in [0.15, 0.2) is 15.3 Å². The van der Waals surface area contributed by atoms with Gasteiger partial charge in [0.05, 0.1) is 23.3 Å². The molecule has 2 aliphatic heterocycles. The van der Waals surface area contributed by atoms with E-state index in [1.807, 2.05) is 0 Å². The van der Waals surface area contributed by atoms with Crippen molar-refractivity contribution in [2.45, 2.75) is 23.0 Å². The Morgan fingerprint density at radius 3 is 2.52 bits per heavy atom. The first-order valence-corrected chi connectivity index (χ1v) is 10.4. The van der Waals surface area contributed by atoms with Gasteiger partial charge >= 0.3 is 6.18 Å². The SMILES string of the molecule is O=C(c1ccc(C(F)(F)F)cc1)N1CCC2(CN[S+](=O)([O-])c3ccccc3N2)C1. The number of rotatable bonds is 1. The highest BCUT2D eigenvalue weighted by Crippen LogP contribution is 2.35. The highest BCUT2D eigenvalue weighted by Gasteiger charge is 2.45. The molecule has 0 bridgehead atoms. The molecule has 2 atom stereocenters. The normalized spacial score (nSPS) is 26.7. The van der Waals surface area contributed by atoms with E-state index in [-0.39, 0.29) is 23.5 Å². The predicted octanol–water partition coefficient (Wildman–Crippen LogP) is 2.91. The summed E-state index contributed by atoms with van der Waals surface area (Å²) in [5, 5.41) is 3.27. The van der Waals surface area contributed by atoms with E-state index in [2.05, 4.69) is 10.0 Å². The van der Waals surface area contributed by atoms with Crippen LogP contribution in [-0.2, 0) is 20.8 Å². The lowest BCUT2D eigenvalue weighted by Crippen LogP contribution is -2.50. The van der Waals surface area contributed by atoms with Crippen LogP contribution in [0.5, 0.6) is 0 Å². The van der Waals surface area contributed by atoms with E-state index in [1.54, 1.807) is 18.2 Å². The number of carbonyl (C=O) groups excluding carboxylic acids is 1. The smallest absolute Gasteiger partial charge is 0.416 e. The minimum atomic E-state index is -4.46. The number of carbonyl (C=O) groups is 1. The first-order valence-electron chi connectivity index (χ1n) is 8.93. The summed E-state index contributed by atoms with van der Waals surface area (Å²) in [5.41, 5.74) is -0.893. The lowest BCUT2D eigenvalue weighted by molar-refractivity contribution is -0.137.